The number of likely N-dealkylation sites (N-methyl/N-ethyl adjacent to an activating group) is 1. The molecule has 1 atom stereocenters. The van der Waals surface area contributed by atoms with Gasteiger partial charge in [0.05, 0.1) is 13.7 Å². The number of nitrogens with zero attached hydrogens (tertiary/aromatic N) is 1. The van der Waals surface area contributed by atoms with Gasteiger partial charge in [-0.3, -0.25) is 9.59 Å². The van der Waals surface area contributed by atoms with Gasteiger partial charge in [0.25, 0.3) is 0 Å². The Bertz CT molecular complexity index is 788. The van der Waals surface area contributed by atoms with Crippen LogP contribution in [0.3, 0.4) is 0 Å². The molecular formula is C23H30N2O4. The zero-order valence-corrected chi connectivity index (χ0v) is 17.6. The highest BCUT2D eigenvalue weighted by Gasteiger charge is 2.25. The fraction of sp³-hybridized carbons (Fsp3) is 0.391. The fourth-order valence-corrected chi connectivity index (χ4v) is 2.91. The zero-order valence-electron chi connectivity index (χ0n) is 17.6. The van der Waals surface area contributed by atoms with Crippen molar-refractivity contribution in [3.63, 3.8) is 0 Å². The van der Waals surface area contributed by atoms with E-state index in [-0.39, 0.29) is 11.8 Å². The molecule has 1 N–H and O–H groups in total. The van der Waals surface area contributed by atoms with E-state index in [2.05, 4.69) is 5.32 Å². The van der Waals surface area contributed by atoms with Crippen LogP contribution in [0.1, 0.15) is 30.9 Å². The van der Waals surface area contributed by atoms with Crippen molar-refractivity contribution in [2.75, 3.05) is 20.8 Å². The Morgan fingerprint density at radius 2 is 1.66 bits per heavy atom. The summed E-state index contributed by atoms with van der Waals surface area (Å²) in [7, 11) is 3.18. The highest BCUT2D eigenvalue weighted by Crippen LogP contribution is 2.16. The number of aryl methyl sites for hydroxylation is 1. The molecule has 0 saturated heterocycles. The molecule has 2 aromatic carbocycles. The predicted octanol–water partition coefficient (Wildman–Crippen LogP) is 3.33. The first-order chi connectivity index (χ1) is 13.9. The summed E-state index contributed by atoms with van der Waals surface area (Å²) in [5, 5.41) is 2.62. The molecule has 0 fully saturated rings. The zero-order chi connectivity index (χ0) is 21.2. The number of nitrogens with one attached hydrogen (secondary N) is 1. The van der Waals surface area contributed by atoms with Gasteiger partial charge in [-0.05, 0) is 50.1 Å². The average Bonchev–Trinajstić information content (AvgIpc) is 2.75. The molecule has 0 heterocycles. The number of carbonyl (C=O) groups excluding carboxylic acids is 2. The van der Waals surface area contributed by atoms with Crippen LogP contribution in [-0.4, -0.2) is 43.5 Å². The van der Waals surface area contributed by atoms with E-state index in [1.165, 1.54) is 5.56 Å². The summed E-state index contributed by atoms with van der Waals surface area (Å²) in [5.41, 5.74) is 2.11. The SMILES string of the molecule is CNC(=O)C(C)N(Cc1ccc(OC)cc1)C(=O)CCCOc1ccc(C)cc1. The molecule has 2 aromatic rings. The molecule has 0 radical (unpaired) electrons. The topological polar surface area (TPSA) is 67.9 Å². The first kappa shape index (κ1) is 22.3. The number of amides is 2. The van der Waals surface area contributed by atoms with Crippen LogP contribution in [0.15, 0.2) is 48.5 Å². The van der Waals surface area contributed by atoms with E-state index in [1.54, 1.807) is 26.0 Å². The third kappa shape index (κ3) is 6.82. The molecule has 6 heteroatoms. The fourth-order valence-electron chi connectivity index (χ4n) is 2.91. The molecular weight excluding hydrogens is 368 g/mol. The Balaban J connectivity index is 1.95. The monoisotopic (exact) mass is 398 g/mol. The minimum Gasteiger partial charge on any atom is -0.497 e. The van der Waals surface area contributed by atoms with Gasteiger partial charge >= 0.3 is 0 Å². The molecule has 2 amide bonds. The Hall–Kier alpha value is -3.02. The van der Waals surface area contributed by atoms with Crippen LogP contribution in [0.25, 0.3) is 0 Å². The lowest BCUT2D eigenvalue weighted by Crippen LogP contribution is -2.46. The molecule has 0 spiro atoms. The van der Waals surface area contributed by atoms with E-state index in [1.807, 2.05) is 55.5 Å². The van der Waals surface area contributed by atoms with Gasteiger partial charge in [-0.1, -0.05) is 29.8 Å². The number of ether oxygens (including phenoxy) is 2. The maximum absolute atomic E-state index is 12.9. The van der Waals surface area contributed by atoms with Crippen molar-refractivity contribution in [3.05, 3.63) is 59.7 Å². The van der Waals surface area contributed by atoms with E-state index >= 15 is 0 Å². The first-order valence-corrected chi connectivity index (χ1v) is 9.78. The van der Waals surface area contributed by atoms with Crippen LogP contribution in [0, 0.1) is 6.92 Å². The number of hydrogen-bond donors (Lipinski definition) is 1. The summed E-state index contributed by atoms with van der Waals surface area (Å²) in [5.74, 6) is 1.27. The Morgan fingerprint density at radius 1 is 1.03 bits per heavy atom. The van der Waals surface area contributed by atoms with Crippen molar-refractivity contribution in [1.82, 2.24) is 10.2 Å². The van der Waals surface area contributed by atoms with Crippen molar-refractivity contribution in [2.45, 2.75) is 39.3 Å². The number of rotatable bonds is 10. The van der Waals surface area contributed by atoms with E-state index in [0.717, 1.165) is 17.1 Å². The molecule has 156 valence electrons. The lowest BCUT2D eigenvalue weighted by Gasteiger charge is -2.28. The number of carbonyl (C=O) groups is 2. The molecule has 0 saturated carbocycles. The number of methoxy groups -OCH3 is 1. The summed E-state index contributed by atoms with van der Waals surface area (Å²) < 4.78 is 10.9. The molecule has 29 heavy (non-hydrogen) atoms. The van der Waals surface area contributed by atoms with E-state index in [0.29, 0.717) is 26.0 Å². The minimum atomic E-state index is -0.562. The van der Waals surface area contributed by atoms with Crippen LogP contribution in [0.4, 0.5) is 0 Å². The van der Waals surface area contributed by atoms with Gasteiger partial charge in [-0.2, -0.15) is 0 Å². The van der Waals surface area contributed by atoms with E-state index in [9.17, 15) is 9.59 Å². The Morgan fingerprint density at radius 3 is 2.24 bits per heavy atom. The highest BCUT2D eigenvalue weighted by molar-refractivity contribution is 5.87. The van der Waals surface area contributed by atoms with Crippen molar-refractivity contribution in [1.29, 1.82) is 0 Å². The normalized spacial score (nSPS) is 11.4. The Labute approximate surface area is 172 Å². The van der Waals surface area contributed by atoms with Crippen LogP contribution >= 0.6 is 0 Å². The second-order valence-electron chi connectivity index (χ2n) is 6.93. The standard InChI is InChI=1S/C23H30N2O4/c1-17-7-11-21(12-8-17)29-15-5-6-22(26)25(18(2)23(27)24-3)16-19-9-13-20(28-4)14-10-19/h7-14,18H,5-6,15-16H2,1-4H3,(H,24,27). The molecule has 0 aliphatic carbocycles. The summed E-state index contributed by atoms with van der Waals surface area (Å²) in [6.45, 7) is 4.56. The number of hydrogen-bond acceptors (Lipinski definition) is 4. The first-order valence-electron chi connectivity index (χ1n) is 9.78. The van der Waals surface area contributed by atoms with Crippen LogP contribution in [0.2, 0.25) is 0 Å². The van der Waals surface area contributed by atoms with Crippen LogP contribution in [-0.2, 0) is 16.1 Å². The summed E-state index contributed by atoms with van der Waals surface area (Å²) in [6, 6.07) is 14.7. The molecule has 2 rings (SSSR count). The quantitative estimate of drug-likeness (QED) is 0.624. The molecule has 1 unspecified atom stereocenters. The summed E-state index contributed by atoms with van der Waals surface area (Å²) >= 11 is 0. The molecule has 0 aromatic heterocycles. The smallest absolute Gasteiger partial charge is 0.242 e. The second-order valence-corrected chi connectivity index (χ2v) is 6.93. The van der Waals surface area contributed by atoms with Gasteiger partial charge in [0.15, 0.2) is 0 Å². The minimum absolute atomic E-state index is 0.0792. The lowest BCUT2D eigenvalue weighted by atomic mass is 10.1. The molecule has 6 nitrogen and oxygen atoms in total. The van der Waals surface area contributed by atoms with Crippen molar-refractivity contribution in [3.8, 4) is 11.5 Å². The average molecular weight is 399 g/mol. The van der Waals surface area contributed by atoms with Gasteiger partial charge in [0.1, 0.15) is 17.5 Å². The van der Waals surface area contributed by atoms with Crippen LogP contribution in [0.5, 0.6) is 11.5 Å². The predicted molar refractivity (Wildman–Crippen MR) is 113 cm³/mol. The maximum Gasteiger partial charge on any atom is 0.242 e. The van der Waals surface area contributed by atoms with Gasteiger partial charge in [-0.25, -0.2) is 0 Å². The summed E-state index contributed by atoms with van der Waals surface area (Å²) in [6.07, 6.45) is 0.885. The van der Waals surface area contributed by atoms with Crippen molar-refractivity contribution >= 4 is 11.8 Å². The van der Waals surface area contributed by atoms with Gasteiger partial charge in [0.2, 0.25) is 11.8 Å². The van der Waals surface area contributed by atoms with Gasteiger partial charge in [-0.15, -0.1) is 0 Å². The molecule has 0 aliphatic heterocycles. The number of benzene rings is 2. The lowest BCUT2D eigenvalue weighted by molar-refractivity contribution is -0.140. The maximum atomic E-state index is 12.9. The van der Waals surface area contributed by atoms with Crippen molar-refractivity contribution < 1.29 is 19.1 Å². The Kier molecular flexibility index (Phi) is 8.52. The molecule has 0 aliphatic rings. The third-order valence-corrected chi connectivity index (χ3v) is 4.75. The third-order valence-electron chi connectivity index (χ3n) is 4.75. The van der Waals surface area contributed by atoms with E-state index in [4.69, 9.17) is 9.47 Å². The van der Waals surface area contributed by atoms with Crippen LogP contribution < -0.4 is 14.8 Å². The van der Waals surface area contributed by atoms with E-state index < -0.39 is 6.04 Å². The second kappa shape index (κ2) is 11.1. The largest absolute Gasteiger partial charge is 0.497 e. The van der Waals surface area contributed by atoms with Gasteiger partial charge in [0, 0.05) is 20.0 Å². The van der Waals surface area contributed by atoms with Gasteiger partial charge < -0.3 is 19.7 Å². The summed E-state index contributed by atoms with van der Waals surface area (Å²) in [4.78, 5) is 26.6. The highest BCUT2D eigenvalue weighted by atomic mass is 16.5. The van der Waals surface area contributed by atoms with Crippen molar-refractivity contribution in [2.24, 2.45) is 0 Å². The molecule has 0 bridgehead atoms.